The van der Waals surface area contributed by atoms with Gasteiger partial charge in [-0.2, -0.15) is 12.6 Å². The van der Waals surface area contributed by atoms with E-state index < -0.39 is 9.84 Å². The molecule has 1 unspecified atom stereocenters. The number of amides is 1. The molecule has 0 aliphatic rings. The molecule has 0 radical (unpaired) electrons. The SMILES string of the molecule is CC(C)C(S)C(=O)Nc1ccc(S(C)(=O)=O)cc1. The van der Waals surface area contributed by atoms with Gasteiger partial charge in [0.2, 0.25) is 5.91 Å². The van der Waals surface area contributed by atoms with Crippen molar-refractivity contribution in [2.24, 2.45) is 5.92 Å². The minimum absolute atomic E-state index is 0.128. The van der Waals surface area contributed by atoms with E-state index in [2.05, 4.69) is 17.9 Å². The van der Waals surface area contributed by atoms with Gasteiger partial charge in [-0.05, 0) is 30.2 Å². The summed E-state index contributed by atoms with van der Waals surface area (Å²) in [5, 5.41) is 2.30. The maximum Gasteiger partial charge on any atom is 0.237 e. The molecule has 100 valence electrons. The summed E-state index contributed by atoms with van der Waals surface area (Å²) >= 11 is 4.21. The summed E-state index contributed by atoms with van der Waals surface area (Å²) in [6.07, 6.45) is 1.14. The Morgan fingerprint density at radius 2 is 1.72 bits per heavy atom. The van der Waals surface area contributed by atoms with Crippen LogP contribution in [0.15, 0.2) is 29.2 Å². The molecular formula is C12H17NO3S2. The summed E-state index contributed by atoms with van der Waals surface area (Å²) in [5.74, 6) is -0.0657. The monoisotopic (exact) mass is 287 g/mol. The van der Waals surface area contributed by atoms with Crippen molar-refractivity contribution in [1.29, 1.82) is 0 Å². The number of sulfone groups is 1. The summed E-state index contributed by atoms with van der Waals surface area (Å²) in [6, 6.07) is 6.06. The van der Waals surface area contributed by atoms with Crippen molar-refractivity contribution in [3.8, 4) is 0 Å². The van der Waals surface area contributed by atoms with Gasteiger partial charge in [0.1, 0.15) is 0 Å². The molecule has 1 aromatic carbocycles. The fraction of sp³-hybridized carbons (Fsp3) is 0.417. The molecule has 4 nitrogen and oxygen atoms in total. The van der Waals surface area contributed by atoms with Gasteiger partial charge in [0.05, 0.1) is 10.1 Å². The van der Waals surface area contributed by atoms with E-state index >= 15 is 0 Å². The third-order valence-electron chi connectivity index (χ3n) is 2.45. The Kier molecular flexibility index (Phi) is 4.81. The van der Waals surface area contributed by atoms with Crippen molar-refractivity contribution in [1.82, 2.24) is 0 Å². The Balaban J connectivity index is 2.79. The average Bonchev–Trinajstić information content (AvgIpc) is 2.27. The summed E-state index contributed by atoms with van der Waals surface area (Å²) < 4.78 is 22.5. The molecule has 1 aromatic rings. The number of anilines is 1. The van der Waals surface area contributed by atoms with Crippen molar-refractivity contribution in [2.75, 3.05) is 11.6 Å². The van der Waals surface area contributed by atoms with Crippen LogP contribution in [0, 0.1) is 5.92 Å². The molecule has 0 aromatic heterocycles. The van der Waals surface area contributed by atoms with E-state index in [0.29, 0.717) is 5.69 Å². The van der Waals surface area contributed by atoms with Crippen LogP contribution in [0.3, 0.4) is 0 Å². The third kappa shape index (κ3) is 4.03. The Hall–Kier alpha value is -1.01. The molecule has 0 saturated carbocycles. The smallest absolute Gasteiger partial charge is 0.237 e. The quantitative estimate of drug-likeness (QED) is 0.832. The van der Waals surface area contributed by atoms with Gasteiger partial charge in [-0.15, -0.1) is 0 Å². The van der Waals surface area contributed by atoms with Gasteiger partial charge in [0.15, 0.2) is 9.84 Å². The predicted molar refractivity (Wildman–Crippen MR) is 75.8 cm³/mol. The van der Waals surface area contributed by atoms with E-state index in [9.17, 15) is 13.2 Å². The van der Waals surface area contributed by atoms with Crippen molar-refractivity contribution >= 4 is 34.1 Å². The van der Waals surface area contributed by atoms with Gasteiger partial charge in [-0.3, -0.25) is 4.79 Å². The Labute approximate surface area is 113 Å². The van der Waals surface area contributed by atoms with E-state index in [1.54, 1.807) is 12.1 Å². The molecule has 0 saturated heterocycles. The summed E-state index contributed by atoms with van der Waals surface area (Å²) in [6.45, 7) is 3.81. The van der Waals surface area contributed by atoms with Gasteiger partial charge in [-0.1, -0.05) is 13.8 Å². The molecule has 6 heteroatoms. The van der Waals surface area contributed by atoms with Crippen LogP contribution in [0.25, 0.3) is 0 Å². The molecule has 1 amide bonds. The average molecular weight is 287 g/mol. The van der Waals surface area contributed by atoms with Gasteiger partial charge in [-0.25, -0.2) is 8.42 Å². The number of hydrogen-bond donors (Lipinski definition) is 2. The Morgan fingerprint density at radius 1 is 1.22 bits per heavy atom. The lowest BCUT2D eigenvalue weighted by molar-refractivity contribution is -0.116. The van der Waals surface area contributed by atoms with Crippen molar-refractivity contribution in [3.63, 3.8) is 0 Å². The van der Waals surface area contributed by atoms with Crippen LogP contribution >= 0.6 is 12.6 Å². The number of carbonyl (C=O) groups excluding carboxylic acids is 1. The molecule has 0 fully saturated rings. The Bertz CT molecular complexity index is 521. The first-order chi connectivity index (χ1) is 8.21. The van der Waals surface area contributed by atoms with E-state index in [1.807, 2.05) is 13.8 Å². The first kappa shape index (κ1) is 15.0. The molecule has 1 N–H and O–H groups in total. The summed E-state index contributed by atoms with van der Waals surface area (Å²) in [5.41, 5.74) is 0.562. The number of rotatable bonds is 4. The van der Waals surface area contributed by atoms with Crippen LogP contribution in [0.1, 0.15) is 13.8 Å². The van der Waals surface area contributed by atoms with E-state index in [4.69, 9.17) is 0 Å². The normalized spacial score (nSPS) is 13.4. The van der Waals surface area contributed by atoms with Gasteiger partial charge < -0.3 is 5.32 Å². The number of hydrogen-bond acceptors (Lipinski definition) is 4. The number of nitrogens with one attached hydrogen (secondary N) is 1. The fourth-order valence-electron chi connectivity index (χ4n) is 1.30. The highest BCUT2D eigenvalue weighted by molar-refractivity contribution is 7.90. The fourth-order valence-corrected chi connectivity index (χ4v) is 2.00. The van der Waals surface area contributed by atoms with Crippen LogP contribution in [-0.2, 0) is 14.6 Å². The second-order valence-corrected chi connectivity index (χ2v) is 7.05. The molecule has 0 spiro atoms. The van der Waals surface area contributed by atoms with Gasteiger partial charge in [0, 0.05) is 11.9 Å². The predicted octanol–water partition coefficient (Wildman–Crippen LogP) is 1.98. The zero-order valence-corrected chi connectivity index (χ0v) is 12.3. The highest BCUT2D eigenvalue weighted by Gasteiger charge is 2.17. The molecule has 1 atom stereocenters. The second-order valence-electron chi connectivity index (χ2n) is 4.47. The van der Waals surface area contributed by atoms with Crippen molar-refractivity contribution < 1.29 is 13.2 Å². The molecular weight excluding hydrogens is 270 g/mol. The molecule has 0 aliphatic heterocycles. The van der Waals surface area contributed by atoms with Gasteiger partial charge >= 0.3 is 0 Å². The zero-order chi connectivity index (χ0) is 13.9. The van der Waals surface area contributed by atoms with E-state index in [-0.39, 0.29) is 22.0 Å². The minimum atomic E-state index is -3.21. The first-order valence-electron chi connectivity index (χ1n) is 5.51. The number of carbonyl (C=O) groups is 1. The minimum Gasteiger partial charge on any atom is -0.325 e. The van der Waals surface area contributed by atoms with Crippen molar-refractivity contribution in [2.45, 2.75) is 24.0 Å². The Morgan fingerprint density at radius 3 is 2.11 bits per heavy atom. The van der Waals surface area contributed by atoms with E-state index in [1.165, 1.54) is 12.1 Å². The lowest BCUT2D eigenvalue weighted by atomic mass is 10.1. The highest BCUT2D eigenvalue weighted by atomic mass is 32.2. The highest BCUT2D eigenvalue weighted by Crippen LogP contribution is 2.16. The maximum absolute atomic E-state index is 11.7. The molecule has 18 heavy (non-hydrogen) atoms. The summed E-state index contributed by atoms with van der Waals surface area (Å²) in [7, 11) is -3.21. The number of benzene rings is 1. The second kappa shape index (κ2) is 5.75. The maximum atomic E-state index is 11.7. The largest absolute Gasteiger partial charge is 0.325 e. The lowest BCUT2D eigenvalue weighted by Crippen LogP contribution is -2.27. The first-order valence-corrected chi connectivity index (χ1v) is 7.91. The lowest BCUT2D eigenvalue weighted by Gasteiger charge is -2.14. The number of thiol groups is 1. The van der Waals surface area contributed by atoms with Crippen LogP contribution in [0.5, 0.6) is 0 Å². The molecule has 1 rings (SSSR count). The third-order valence-corrected chi connectivity index (χ3v) is 4.41. The molecule has 0 bridgehead atoms. The van der Waals surface area contributed by atoms with Gasteiger partial charge in [0.25, 0.3) is 0 Å². The summed E-state index contributed by atoms with van der Waals surface area (Å²) in [4.78, 5) is 12.0. The van der Waals surface area contributed by atoms with Crippen LogP contribution < -0.4 is 5.32 Å². The molecule has 0 aliphatic carbocycles. The van der Waals surface area contributed by atoms with Crippen LogP contribution in [0.2, 0.25) is 0 Å². The van der Waals surface area contributed by atoms with E-state index in [0.717, 1.165) is 6.26 Å². The molecule has 0 heterocycles. The van der Waals surface area contributed by atoms with Crippen LogP contribution in [0.4, 0.5) is 5.69 Å². The van der Waals surface area contributed by atoms with Crippen LogP contribution in [-0.4, -0.2) is 25.8 Å². The van der Waals surface area contributed by atoms with Crippen molar-refractivity contribution in [3.05, 3.63) is 24.3 Å². The zero-order valence-electron chi connectivity index (χ0n) is 10.5. The standard InChI is InChI=1S/C12H17NO3S2/c1-8(2)11(17)12(14)13-9-4-6-10(7-5-9)18(3,15)16/h4-8,11,17H,1-3H3,(H,13,14). The topological polar surface area (TPSA) is 63.2 Å².